The van der Waals surface area contributed by atoms with Crippen molar-refractivity contribution in [3.05, 3.63) is 78.4 Å². The minimum atomic E-state index is -0.262. The molecule has 0 fully saturated rings. The standard InChI is InChI=1S/C20H20N4O2/c1-2-26-18-5-3-16(4-6-18)24-20(25)19-13-17(9-12-22-19)23-14-15-7-10-21-11-8-15/h3-13H,2,14H2,1H3,(H,22,23)(H,24,25). The van der Waals surface area contributed by atoms with Crippen LogP contribution in [0.2, 0.25) is 0 Å². The van der Waals surface area contributed by atoms with Gasteiger partial charge in [0, 0.05) is 36.5 Å². The van der Waals surface area contributed by atoms with Crippen LogP contribution in [0.5, 0.6) is 5.75 Å². The number of anilines is 2. The number of pyridine rings is 2. The lowest BCUT2D eigenvalue weighted by Gasteiger charge is -2.09. The summed E-state index contributed by atoms with van der Waals surface area (Å²) in [5.74, 6) is 0.507. The number of hydrogen-bond donors (Lipinski definition) is 2. The van der Waals surface area contributed by atoms with Crippen LogP contribution >= 0.6 is 0 Å². The zero-order valence-electron chi connectivity index (χ0n) is 14.5. The van der Waals surface area contributed by atoms with Crippen LogP contribution in [0.4, 0.5) is 11.4 Å². The maximum atomic E-state index is 12.4. The Labute approximate surface area is 152 Å². The molecule has 6 nitrogen and oxygen atoms in total. The molecule has 0 bridgehead atoms. The van der Waals surface area contributed by atoms with Crippen molar-refractivity contribution in [3.63, 3.8) is 0 Å². The highest BCUT2D eigenvalue weighted by molar-refractivity contribution is 6.03. The summed E-state index contributed by atoms with van der Waals surface area (Å²) in [7, 11) is 0. The van der Waals surface area contributed by atoms with Gasteiger partial charge in [0.25, 0.3) is 5.91 Å². The maximum Gasteiger partial charge on any atom is 0.274 e. The van der Waals surface area contributed by atoms with Crippen molar-refractivity contribution in [2.45, 2.75) is 13.5 Å². The zero-order chi connectivity index (χ0) is 18.2. The first-order valence-corrected chi connectivity index (χ1v) is 8.37. The topological polar surface area (TPSA) is 76.1 Å². The first-order valence-electron chi connectivity index (χ1n) is 8.37. The summed E-state index contributed by atoms with van der Waals surface area (Å²) in [6.45, 7) is 3.18. The number of nitrogens with zero attached hydrogens (tertiary/aromatic N) is 2. The van der Waals surface area contributed by atoms with Crippen LogP contribution in [0.3, 0.4) is 0 Å². The number of carbonyl (C=O) groups excluding carboxylic acids is 1. The maximum absolute atomic E-state index is 12.4. The number of ether oxygens (including phenoxy) is 1. The Morgan fingerprint density at radius 2 is 1.77 bits per heavy atom. The van der Waals surface area contributed by atoms with E-state index in [4.69, 9.17) is 4.74 Å². The van der Waals surface area contributed by atoms with Gasteiger partial charge in [-0.25, -0.2) is 0 Å². The zero-order valence-corrected chi connectivity index (χ0v) is 14.5. The van der Waals surface area contributed by atoms with Gasteiger partial charge in [0.1, 0.15) is 11.4 Å². The van der Waals surface area contributed by atoms with Crippen molar-refractivity contribution in [3.8, 4) is 5.75 Å². The Kier molecular flexibility index (Phi) is 5.77. The highest BCUT2D eigenvalue weighted by atomic mass is 16.5. The van der Waals surface area contributed by atoms with E-state index in [1.807, 2.05) is 37.3 Å². The summed E-state index contributed by atoms with van der Waals surface area (Å²) in [5, 5.41) is 6.11. The lowest BCUT2D eigenvalue weighted by atomic mass is 10.2. The van der Waals surface area contributed by atoms with Crippen molar-refractivity contribution >= 4 is 17.3 Å². The molecule has 6 heteroatoms. The summed E-state index contributed by atoms with van der Waals surface area (Å²) < 4.78 is 5.39. The van der Waals surface area contributed by atoms with Gasteiger partial charge in [-0.3, -0.25) is 14.8 Å². The number of aromatic nitrogens is 2. The summed E-state index contributed by atoms with van der Waals surface area (Å²) in [6, 6.07) is 14.7. The molecule has 3 aromatic rings. The van der Waals surface area contributed by atoms with Gasteiger partial charge < -0.3 is 15.4 Å². The average molecular weight is 348 g/mol. The predicted molar refractivity (Wildman–Crippen MR) is 101 cm³/mol. The van der Waals surface area contributed by atoms with Crippen LogP contribution < -0.4 is 15.4 Å². The molecule has 2 heterocycles. The van der Waals surface area contributed by atoms with Gasteiger partial charge in [-0.05, 0) is 61.0 Å². The molecule has 0 aliphatic heterocycles. The molecule has 0 aliphatic rings. The summed E-state index contributed by atoms with van der Waals surface area (Å²) >= 11 is 0. The molecule has 0 atom stereocenters. The molecule has 132 valence electrons. The van der Waals surface area contributed by atoms with Gasteiger partial charge in [-0.2, -0.15) is 0 Å². The molecule has 0 spiro atoms. The van der Waals surface area contributed by atoms with E-state index in [0.29, 0.717) is 24.5 Å². The second kappa shape index (κ2) is 8.62. The molecule has 1 amide bonds. The Bertz CT molecular complexity index is 851. The van der Waals surface area contributed by atoms with Crippen molar-refractivity contribution < 1.29 is 9.53 Å². The van der Waals surface area contributed by atoms with Crippen LogP contribution in [-0.2, 0) is 6.54 Å². The van der Waals surface area contributed by atoms with Crippen LogP contribution in [0, 0.1) is 0 Å². The fraction of sp³-hybridized carbons (Fsp3) is 0.150. The third kappa shape index (κ3) is 4.80. The van der Waals surface area contributed by atoms with Crippen molar-refractivity contribution in [1.29, 1.82) is 0 Å². The highest BCUT2D eigenvalue weighted by Crippen LogP contribution is 2.17. The molecule has 2 aromatic heterocycles. The third-order valence-electron chi connectivity index (χ3n) is 3.66. The molecule has 1 aromatic carbocycles. The van der Waals surface area contributed by atoms with Gasteiger partial charge >= 0.3 is 0 Å². The van der Waals surface area contributed by atoms with Gasteiger partial charge in [0.05, 0.1) is 6.61 Å². The Morgan fingerprint density at radius 1 is 1.00 bits per heavy atom. The average Bonchev–Trinajstić information content (AvgIpc) is 2.69. The van der Waals surface area contributed by atoms with Crippen LogP contribution in [-0.4, -0.2) is 22.5 Å². The minimum absolute atomic E-state index is 0.262. The first kappa shape index (κ1) is 17.4. The summed E-state index contributed by atoms with van der Waals surface area (Å²) in [4.78, 5) is 20.6. The summed E-state index contributed by atoms with van der Waals surface area (Å²) in [6.07, 6.45) is 5.11. The van der Waals surface area contributed by atoms with Gasteiger partial charge in [-0.15, -0.1) is 0 Å². The van der Waals surface area contributed by atoms with Crippen LogP contribution in [0.1, 0.15) is 23.0 Å². The van der Waals surface area contributed by atoms with E-state index in [0.717, 1.165) is 17.0 Å². The van der Waals surface area contributed by atoms with Crippen molar-refractivity contribution in [2.24, 2.45) is 0 Å². The van der Waals surface area contributed by atoms with Gasteiger partial charge in [-0.1, -0.05) is 0 Å². The molecular formula is C20H20N4O2. The smallest absolute Gasteiger partial charge is 0.274 e. The summed E-state index contributed by atoms with van der Waals surface area (Å²) in [5.41, 5.74) is 2.97. The Morgan fingerprint density at radius 3 is 2.50 bits per heavy atom. The molecule has 3 rings (SSSR count). The second-order valence-electron chi connectivity index (χ2n) is 5.55. The van der Waals surface area contributed by atoms with E-state index in [1.54, 1.807) is 36.8 Å². The fourth-order valence-corrected chi connectivity index (χ4v) is 2.37. The number of amides is 1. The molecule has 2 N–H and O–H groups in total. The third-order valence-corrected chi connectivity index (χ3v) is 3.66. The number of carbonyl (C=O) groups is 1. The van der Waals surface area contributed by atoms with E-state index in [-0.39, 0.29) is 5.91 Å². The highest BCUT2D eigenvalue weighted by Gasteiger charge is 2.09. The second-order valence-corrected chi connectivity index (χ2v) is 5.55. The van der Waals surface area contributed by atoms with Crippen molar-refractivity contribution in [1.82, 2.24) is 9.97 Å². The van der Waals surface area contributed by atoms with E-state index >= 15 is 0 Å². The predicted octanol–water partition coefficient (Wildman–Crippen LogP) is 3.74. The lowest BCUT2D eigenvalue weighted by Crippen LogP contribution is -2.14. The fourth-order valence-electron chi connectivity index (χ4n) is 2.37. The first-order chi connectivity index (χ1) is 12.7. The molecule has 0 aliphatic carbocycles. The molecular weight excluding hydrogens is 328 g/mol. The van der Waals surface area contributed by atoms with Crippen molar-refractivity contribution in [2.75, 3.05) is 17.2 Å². The van der Waals surface area contributed by atoms with E-state index < -0.39 is 0 Å². The number of benzene rings is 1. The van der Waals surface area contributed by atoms with E-state index in [2.05, 4.69) is 20.6 Å². The minimum Gasteiger partial charge on any atom is -0.494 e. The monoisotopic (exact) mass is 348 g/mol. The number of nitrogens with one attached hydrogen (secondary N) is 2. The lowest BCUT2D eigenvalue weighted by molar-refractivity contribution is 0.102. The molecule has 0 unspecified atom stereocenters. The Hall–Kier alpha value is -3.41. The Balaban J connectivity index is 1.62. The molecule has 26 heavy (non-hydrogen) atoms. The van der Waals surface area contributed by atoms with Crippen LogP contribution in [0.15, 0.2) is 67.1 Å². The number of rotatable bonds is 7. The van der Waals surface area contributed by atoms with Gasteiger partial charge in [0.15, 0.2) is 0 Å². The van der Waals surface area contributed by atoms with E-state index in [1.165, 1.54) is 0 Å². The molecule has 0 saturated carbocycles. The van der Waals surface area contributed by atoms with E-state index in [9.17, 15) is 4.79 Å². The van der Waals surface area contributed by atoms with Crippen LogP contribution in [0.25, 0.3) is 0 Å². The normalized spacial score (nSPS) is 10.2. The largest absolute Gasteiger partial charge is 0.494 e. The van der Waals surface area contributed by atoms with Gasteiger partial charge in [0.2, 0.25) is 0 Å². The molecule has 0 radical (unpaired) electrons. The molecule has 0 saturated heterocycles. The number of hydrogen-bond acceptors (Lipinski definition) is 5. The SMILES string of the molecule is CCOc1ccc(NC(=O)c2cc(NCc3ccncc3)ccn2)cc1. The quantitative estimate of drug-likeness (QED) is 0.680.